The molecule has 1 spiro atoms. The maximum Gasteiger partial charge on any atom is 0.171 e. The molecule has 2 fully saturated rings. The molecule has 116 valence electrons. The lowest BCUT2D eigenvalue weighted by Gasteiger charge is -2.51. The molecule has 0 aromatic heterocycles. The largest absolute Gasteiger partial charge is 0.347 e. The molecule has 1 unspecified atom stereocenters. The Bertz CT molecular complexity index is 508. The number of hydrogen-bond acceptors (Lipinski definition) is 3. The van der Waals surface area contributed by atoms with Gasteiger partial charge in [-0.15, -0.1) is 0 Å². The van der Waals surface area contributed by atoms with Gasteiger partial charge in [0.1, 0.15) is 0 Å². The molecule has 1 atom stereocenters. The van der Waals surface area contributed by atoms with Gasteiger partial charge in [-0.2, -0.15) is 0 Å². The third-order valence-electron chi connectivity index (χ3n) is 4.33. The number of hydrogen-bond donors (Lipinski definition) is 1. The van der Waals surface area contributed by atoms with Gasteiger partial charge in [-0.1, -0.05) is 28.1 Å². The molecule has 2 aliphatic heterocycles. The van der Waals surface area contributed by atoms with Crippen LogP contribution in [0.3, 0.4) is 0 Å². The van der Waals surface area contributed by atoms with Crippen molar-refractivity contribution in [2.24, 2.45) is 0 Å². The van der Waals surface area contributed by atoms with Crippen LogP contribution in [0.2, 0.25) is 0 Å². The minimum absolute atomic E-state index is 0.00665. The number of benzene rings is 1. The molecule has 0 bridgehead atoms. The van der Waals surface area contributed by atoms with Crippen LogP contribution in [0.25, 0.3) is 0 Å². The average molecular weight is 354 g/mol. The first-order valence-electron chi connectivity index (χ1n) is 7.62. The van der Waals surface area contributed by atoms with Gasteiger partial charge in [0.15, 0.2) is 5.79 Å². The Morgan fingerprint density at radius 1 is 1.05 bits per heavy atom. The fourth-order valence-corrected chi connectivity index (χ4v) is 4.36. The van der Waals surface area contributed by atoms with E-state index in [1.807, 2.05) is 0 Å². The zero-order valence-electron chi connectivity index (χ0n) is 13.0. The number of ether oxygens (including phenoxy) is 2. The summed E-state index contributed by atoms with van der Waals surface area (Å²) in [7, 11) is 0. The highest BCUT2D eigenvalue weighted by molar-refractivity contribution is 9.10. The fourth-order valence-electron chi connectivity index (χ4n) is 4.10. The predicted octanol–water partition coefficient (Wildman–Crippen LogP) is 3.66. The van der Waals surface area contributed by atoms with Gasteiger partial charge in [0, 0.05) is 28.4 Å². The molecular weight excluding hydrogens is 330 g/mol. The Labute approximate surface area is 135 Å². The summed E-state index contributed by atoms with van der Waals surface area (Å²) >= 11 is 3.50. The van der Waals surface area contributed by atoms with E-state index in [0.29, 0.717) is 13.2 Å². The second-order valence-electron chi connectivity index (χ2n) is 7.33. The molecule has 3 rings (SSSR count). The van der Waals surface area contributed by atoms with Crippen molar-refractivity contribution in [2.75, 3.05) is 13.2 Å². The summed E-state index contributed by atoms with van der Waals surface area (Å²) in [6.45, 7) is 8.18. The number of piperidine rings is 1. The van der Waals surface area contributed by atoms with Crippen LogP contribution in [-0.4, -0.2) is 30.1 Å². The summed E-state index contributed by atoms with van der Waals surface area (Å²) in [5, 5.41) is 3.81. The van der Waals surface area contributed by atoms with Crippen LogP contribution >= 0.6 is 15.9 Å². The van der Waals surface area contributed by atoms with E-state index in [2.05, 4.69) is 66.3 Å². The van der Waals surface area contributed by atoms with Crippen molar-refractivity contribution in [3.05, 3.63) is 34.3 Å². The quantitative estimate of drug-likeness (QED) is 0.879. The molecule has 1 aromatic rings. The van der Waals surface area contributed by atoms with E-state index in [0.717, 1.165) is 23.7 Å². The van der Waals surface area contributed by atoms with E-state index in [1.54, 1.807) is 0 Å². The number of rotatable bonds is 2. The van der Waals surface area contributed by atoms with Gasteiger partial charge < -0.3 is 14.8 Å². The molecule has 3 nitrogen and oxygen atoms in total. The van der Waals surface area contributed by atoms with Gasteiger partial charge >= 0.3 is 0 Å². The van der Waals surface area contributed by atoms with Crippen LogP contribution < -0.4 is 5.32 Å². The molecule has 0 aliphatic carbocycles. The van der Waals surface area contributed by atoms with E-state index < -0.39 is 5.79 Å². The molecule has 0 amide bonds. The Balaban J connectivity index is 1.82. The smallest absolute Gasteiger partial charge is 0.171 e. The Hall–Kier alpha value is -0.420. The van der Waals surface area contributed by atoms with E-state index in [4.69, 9.17) is 9.47 Å². The van der Waals surface area contributed by atoms with Crippen LogP contribution in [0.15, 0.2) is 28.7 Å². The van der Waals surface area contributed by atoms with Crippen molar-refractivity contribution >= 4 is 15.9 Å². The molecule has 2 heterocycles. The summed E-state index contributed by atoms with van der Waals surface area (Å²) in [5.74, 6) is -0.404. The van der Waals surface area contributed by atoms with Crippen molar-refractivity contribution in [3.63, 3.8) is 0 Å². The fraction of sp³-hybridized carbons (Fsp3) is 0.647. The lowest BCUT2D eigenvalue weighted by Crippen LogP contribution is -2.65. The average Bonchev–Trinajstić information content (AvgIpc) is 2.76. The first-order valence-corrected chi connectivity index (χ1v) is 8.41. The molecule has 1 N–H and O–H groups in total. The topological polar surface area (TPSA) is 30.5 Å². The zero-order chi connectivity index (χ0) is 15.1. The number of halogens is 1. The standard InChI is InChI=1S/C17H24BrNO2/c1-15(2)11-17(20-8-9-21-17)12-16(3,19-15)10-13-4-6-14(18)7-5-13/h4-7,19H,8-12H2,1-3H3. The van der Waals surface area contributed by atoms with Crippen molar-refractivity contribution in [2.45, 2.75) is 56.9 Å². The molecule has 21 heavy (non-hydrogen) atoms. The summed E-state index contributed by atoms with van der Waals surface area (Å²) in [5.41, 5.74) is 1.31. The molecule has 2 saturated heterocycles. The summed E-state index contributed by atoms with van der Waals surface area (Å²) < 4.78 is 13.1. The molecule has 0 saturated carbocycles. The highest BCUT2D eigenvalue weighted by Gasteiger charge is 2.52. The SMILES string of the molecule is CC1(C)CC2(CC(C)(Cc3ccc(Br)cc3)N1)OCCO2. The maximum atomic E-state index is 6.00. The van der Waals surface area contributed by atoms with Crippen LogP contribution in [0.5, 0.6) is 0 Å². The van der Waals surface area contributed by atoms with Gasteiger partial charge in [0.2, 0.25) is 0 Å². The summed E-state index contributed by atoms with van der Waals surface area (Å²) in [4.78, 5) is 0. The van der Waals surface area contributed by atoms with Crippen molar-refractivity contribution in [1.29, 1.82) is 0 Å². The second-order valence-corrected chi connectivity index (χ2v) is 8.25. The normalized spacial score (nSPS) is 30.7. The predicted molar refractivity (Wildman–Crippen MR) is 87.3 cm³/mol. The van der Waals surface area contributed by atoms with Gasteiger partial charge in [-0.25, -0.2) is 0 Å². The molecule has 1 aromatic carbocycles. The summed E-state index contributed by atoms with van der Waals surface area (Å²) in [6, 6.07) is 8.57. The molecule has 4 heteroatoms. The van der Waals surface area contributed by atoms with Crippen LogP contribution in [0.4, 0.5) is 0 Å². The molecule has 2 aliphatic rings. The third-order valence-corrected chi connectivity index (χ3v) is 4.86. The first kappa shape index (κ1) is 15.5. The highest BCUT2D eigenvalue weighted by Crippen LogP contribution is 2.42. The third kappa shape index (κ3) is 3.50. The lowest BCUT2D eigenvalue weighted by molar-refractivity contribution is -0.207. The minimum atomic E-state index is -0.404. The highest BCUT2D eigenvalue weighted by atomic mass is 79.9. The van der Waals surface area contributed by atoms with Crippen LogP contribution in [0.1, 0.15) is 39.2 Å². The summed E-state index contributed by atoms with van der Waals surface area (Å²) in [6.07, 6.45) is 2.76. The van der Waals surface area contributed by atoms with Gasteiger partial charge in [0.25, 0.3) is 0 Å². The minimum Gasteiger partial charge on any atom is -0.347 e. The van der Waals surface area contributed by atoms with E-state index in [1.165, 1.54) is 5.56 Å². The van der Waals surface area contributed by atoms with Gasteiger partial charge in [-0.05, 0) is 44.9 Å². The van der Waals surface area contributed by atoms with E-state index in [9.17, 15) is 0 Å². The van der Waals surface area contributed by atoms with Gasteiger partial charge in [0.05, 0.1) is 13.2 Å². The monoisotopic (exact) mass is 353 g/mol. The molecular formula is C17H24BrNO2. The Kier molecular flexibility index (Phi) is 3.93. The van der Waals surface area contributed by atoms with E-state index in [-0.39, 0.29) is 11.1 Å². The Morgan fingerprint density at radius 3 is 2.29 bits per heavy atom. The number of nitrogens with one attached hydrogen (secondary N) is 1. The first-order chi connectivity index (χ1) is 9.80. The van der Waals surface area contributed by atoms with Crippen LogP contribution in [-0.2, 0) is 15.9 Å². The lowest BCUT2D eigenvalue weighted by atomic mass is 9.75. The zero-order valence-corrected chi connectivity index (χ0v) is 14.6. The Morgan fingerprint density at radius 2 is 1.67 bits per heavy atom. The second kappa shape index (κ2) is 5.34. The maximum absolute atomic E-state index is 6.00. The van der Waals surface area contributed by atoms with Crippen molar-refractivity contribution in [3.8, 4) is 0 Å². The van der Waals surface area contributed by atoms with Crippen LogP contribution in [0, 0.1) is 0 Å². The van der Waals surface area contributed by atoms with Crippen molar-refractivity contribution in [1.82, 2.24) is 5.32 Å². The van der Waals surface area contributed by atoms with Crippen molar-refractivity contribution < 1.29 is 9.47 Å². The molecule has 0 radical (unpaired) electrons. The van der Waals surface area contributed by atoms with Gasteiger partial charge in [-0.3, -0.25) is 0 Å². The van der Waals surface area contributed by atoms with E-state index >= 15 is 0 Å².